The van der Waals surface area contributed by atoms with Crippen molar-refractivity contribution in [2.45, 2.75) is 23.4 Å². The SMILES string of the molecule is COC(=O)NC1CC=CCN(S(=O)(=O)c2ccc(OC)cc2)C1C(=O)O. The second kappa shape index (κ2) is 8.19. The number of carbonyl (C=O) groups excluding carboxylic acids is 1. The average Bonchev–Trinajstić information content (AvgIpc) is 2.84. The maximum atomic E-state index is 13.0. The van der Waals surface area contributed by atoms with Gasteiger partial charge in [0.15, 0.2) is 0 Å². The number of carboxylic acids is 1. The summed E-state index contributed by atoms with van der Waals surface area (Å²) in [7, 11) is -1.53. The number of sulfonamides is 1. The van der Waals surface area contributed by atoms with Crippen LogP contribution in [-0.4, -0.2) is 62.7 Å². The predicted octanol–water partition coefficient (Wildman–Crippen LogP) is 0.824. The maximum absolute atomic E-state index is 13.0. The van der Waals surface area contributed by atoms with Crippen LogP contribution in [0, 0.1) is 0 Å². The zero-order valence-corrected chi connectivity index (χ0v) is 15.1. The molecule has 1 aliphatic heterocycles. The Hall–Kier alpha value is -2.59. The molecule has 2 unspecified atom stereocenters. The quantitative estimate of drug-likeness (QED) is 0.721. The topological polar surface area (TPSA) is 122 Å². The lowest BCUT2D eigenvalue weighted by Crippen LogP contribution is -2.56. The number of benzene rings is 1. The predicted molar refractivity (Wildman–Crippen MR) is 91.4 cm³/mol. The Morgan fingerprint density at radius 3 is 2.38 bits per heavy atom. The number of hydrogen-bond donors (Lipinski definition) is 2. The average molecular weight is 384 g/mol. The number of ether oxygens (including phenoxy) is 2. The first kappa shape index (κ1) is 19.7. The van der Waals surface area contributed by atoms with E-state index in [0.29, 0.717) is 5.75 Å². The van der Waals surface area contributed by atoms with Crippen LogP contribution >= 0.6 is 0 Å². The van der Waals surface area contributed by atoms with E-state index in [0.717, 1.165) is 11.4 Å². The van der Waals surface area contributed by atoms with Gasteiger partial charge in [-0.05, 0) is 30.7 Å². The van der Waals surface area contributed by atoms with E-state index in [-0.39, 0.29) is 17.9 Å². The Balaban J connectivity index is 2.43. The lowest BCUT2D eigenvalue weighted by atomic mass is 10.1. The van der Waals surface area contributed by atoms with Gasteiger partial charge in [-0.3, -0.25) is 4.79 Å². The molecule has 2 N–H and O–H groups in total. The van der Waals surface area contributed by atoms with Gasteiger partial charge in [-0.2, -0.15) is 4.31 Å². The van der Waals surface area contributed by atoms with E-state index in [9.17, 15) is 23.1 Å². The second-order valence-electron chi connectivity index (χ2n) is 5.48. The molecule has 0 radical (unpaired) electrons. The van der Waals surface area contributed by atoms with E-state index in [2.05, 4.69) is 10.1 Å². The summed E-state index contributed by atoms with van der Waals surface area (Å²) >= 11 is 0. The first-order valence-electron chi connectivity index (χ1n) is 7.69. The molecule has 0 aromatic heterocycles. The fourth-order valence-corrected chi connectivity index (χ4v) is 4.21. The van der Waals surface area contributed by atoms with Gasteiger partial charge in [0.2, 0.25) is 10.0 Å². The van der Waals surface area contributed by atoms with Gasteiger partial charge >= 0.3 is 12.1 Å². The van der Waals surface area contributed by atoms with Crippen LogP contribution in [0.3, 0.4) is 0 Å². The largest absolute Gasteiger partial charge is 0.497 e. The highest BCUT2D eigenvalue weighted by atomic mass is 32.2. The van der Waals surface area contributed by atoms with Crippen molar-refractivity contribution in [3.8, 4) is 5.75 Å². The third-order valence-electron chi connectivity index (χ3n) is 3.94. The fraction of sp³-hybridized carbons (Fsp3) is 0.375. The molecule has 0 bridgehead atoms. The van der Waals surface area contributed by atoms with Crippen molar-refractivity contribution < 1.29 is 32.6 Å². The summed E-state index contributed by atoms with van der Waals surface area (Å²) < 4.78 is 36.4. The van der Waals surface area contributed by atoms with Gasteiger partial charge < -0.3 is 19.9 Å². The smallest absolute Gasteiger partial charge is 0.407 e. The number of carbonyl (C=O) groups is 2. The molecule has 2 atom stereocenters. The lowest BCUT2D eigenvalue weighted by Gasteiger charge is -2.31. The molecular weight excluding hydrogens is 364 g/mol. The molecule has 1 amide bonds. The summed E-state index contributed by atoms with van der Waals surface area (Å²) in [5.41, 5.74) is 0. The van der Waals surface area contributed by atoms with Crippen LogP contribution in [0.2, 0.25) is 0 Å². The van der Waals surface area contributed by atoms with E-state index >= 15 is 0 Å². The van der Waals surface area contributed by atoms with Gasteiger partial charge in [0.25, 0.3) is 0 Å². The lowest BCUT2D eigenvalue weighted by molar-refractivity contribution is -0.142. The minimum absolute atomic E-state index is 0.0725. The monoisotopic (exact) mass is 384 g/mol. The van der Waals surface area contributed by atoms with Gasteiger partial charge in [-0.15, -0.1) is 0 Å². The molecule has 0 saturated heterocycles. The van der Waals surface area contributed by atoms with Crippen LogP contribution in [0.1, 0.15) is 6.42 Å². The minimum atomic E-state index is -4.13. The molecule has 10 heteroatoms. The van der Waals surface area contributed by atoms with Crippen LogP contribution in [0.5, 0.6) is 5.75 Å². The standard InChI is InChI=1S/C16H20N2O7S/c1-24-11-6-8-12(9-7-11)26(22,23)18-10-4-3-5-13(14(18)15(19)20)17-16(21)25-2/h3-4,6-9,13-14H,5,10H2,1-2H3,(H,17,21)(H,19,20). The van der Waals surface area contributed by atoms with Gasteiger partial charge in [0.05, 0.1) is 25.2 Å². The van der Waals surface area contributed by atoms with Crippen LogP contribution in [0.25, 0.3) is 0 Å². The van der Waals surface area contributed by atoms with Gasteiger partial charge in [0, 0.05) is 6.54 Å². The number of aliphatic carboxylic acids is 1. The molecule has 1 aliphatic rings. The van der Waals surface area contributed by atoms with Crippen LogP contribution < -0.4 is 10.1 Å². The molecule has 26 heavy (non-hydrogen) atoms. The van der Waals surface area contributed by atoms with Crippen molar-refractivity contribution in [3.63, 3.8) is 0 Å². The molecule has 0 fully saturated rings. The highest BCUT2D eigenvalue weighted by Gasteiger charge is 2.42. The summed E-state index contributed by atoms with van der Waals surface area (Å²) in [6.45, 7) is -0.134. The minimum Gasteiger partial charge on any atom is -0.497 e. The van der Waals surface area contributed by atoms with E-state index in [1.165, 1.54) is 31.4 Å². The third-order valence-corrected chi connectivity index (χ3v) is 5.80. The zero-order chi connectivity index (χ0) is 19.3. The molecule has 1 aromatic carbocycles. The molecule has 142 valence electrons. The molecule has 0 spiro atoms. The number of hydrogen-bond acceptors (Lipinski definition) is 6. The molecule has 1 aromatic rings. The summed E-state index contributed by atoms with van der Waals surface area (Å²) in [5, 5.41) is 12.0. The summed E-state index contributed by atoms with van der Waals surface area (Å²) in [6, 6.07) is 3.15. The van der Waals surface area contributed by atoms with E-state index in [1.807, 2.05) is 0 Å². The van der Waals surface area contributed by atoms with Crippen molar-refractivity contribution in [3.05, 3.63) is 36.4 Å². The Morgan fingerprint density at radius 2 is 1.85 bits per heavy atom. The number of methoxy groups -OCH3 is 2. The van der Waals surface area contributed by atoms with Crippen molar-refractivity contribution >= 4 is 22.1 Å². The number of alkyl carbamates (subject to hydrolysis) is 1. The highest BCUT2D eigenvalue weighted by Crippen LogP contribution is 2.25. The highest BCUT2D eigenvalue weighted by molar-refractivity contribution is 7.89. The molecular formula is C16H20N2O7S. The Kier molecular flexibility index (Phi) is 6.22. The van der Waals surface area contributed by atoms with E-state index in [4.69, 9.17) is 4.74 Å². The second-order valence-corrected chi connectivity index (χ2v) is 7.37. The summed E-state index contributed by atoms with van der Waals surface area (Å²) in [6.07, 6.45) is 2.50. The first-order valence-corrected chi connectivity index (χ1v) is 9.13. The van der Waals surface area contributed by atoms with Crippen molar-refractivity contribution in [2.75, 3.05) is 20.8 Å². The van der Waals surface area contributed by atoms with Gasteiger partial charge in [0.1, 0.15) is 11.8 Å². The molecule has 9 nitrogen and oxygen atoms in total. The normalized spacial score (nSPS) is 20.8. The number of rotatable bonds is 5. The Labute approximate surface area is 151 Å². The summed E-state index contributed by atoms with van der Waals surface area (Å²) in [4.78, 5) is 23.3. The Morgan fingerprint density at radius 1 is 1.19 bits per heavy atom. The van der Waals surface area contributed by atoms with Crippen LogP contribution in [0.4, 0.5) is 4.79 Å². The third kappa shape index (κ3) is 4.14. The van der Waals surface area contributed by atoms with E-state index in [1.54, 1.807) is 12.2 Å². The van der Waals surface area contributed by atoms with Gasteiger partial charge in [-0.25, -0.2) is 13.2 Å². The fourth-order valence-electron chi connectivity index (χ4n) is 2.64. The number of carboxylic acid groups (broad SMARTS) is 1. The molecule has 1 heterocycles. The van der Waals surface area contributed by atoms with E-state index < -0.39 is 34.2 Å². The number of amides is 1. The number of nitrogens with zero attached hydrogens (tertiary/aromatic N) is 1. The number of nitrogens with one attached hydrogen (secondary N) is 1. The van der Waals surface area contributed by atoms with Crippen molar-refractivity contribution in [1.82, 2.24) is 9.62 Å². The maximum Gasteiger partial charge on any atom is 0.407 e. The molecule has 2 rings (SSSR count). The van der Waals surface area contributed by atoms with Crippen LogP contribution in [0.15, 0.2) is 41.3 Å². The van der Waals surface area contributed by atoms with Gasteiger partial charge in [-0.1, -0.05) is 12.2 Å². The summed E-state index contributed by atoms with van der Waals surface area (Å²) in [5.74, 6) is -0.896. The Bertz CT molecular complexity index is 789. The first-order chi connectivity index (χ1) is 12.3. The zero-order valence-electron chi connectivity index (χ0n) is 14.3. The molecule has 0 saturated carbocycles. The van der Waals surface area contributed by atoms with Crippen molar-refractivity contribution in [1.29, 1.82) is 0 Å². The van der Waals surface area contributed by atoms with Crippen molar-refractivity contribution in [2.24, 2.45) is 0 Å². The molecule has 0 aliphatic carbocycles. The van der Waals surface area contributed by atoms with Crippen LogP contribution in [-0.2, 0) is 19.6 Å².